The molecule has 0 unspecified atom stereocenters. The molecule has 0 amide bonds. The second-order valence-corrected chi connectivity index (χ2v) is 4.55. The largest absolute Gasteiger partial charge is 0.491 e. The fourth-order valence-electron chi connectivity index (χ4n) is 1.80. The Morgan fingerprint density at radius 2 is 1.39 bits per heavy atom. The molecule has 2 rings (SSSR count). The number of aliphatic hydroxyl groups is 1. The third-order valence-corrected chi connectivity index (χ3v) is 2.70. The lowest BCUT2D eigenvalue weighted by molar-refractivity contribution is 0.242. The zero-order valence-electron chi connectivity index (χ0n) is 10.8. The summed E-state index contributed by atoms with van der Waals surface area (Å²) in [6.07, 6.45) is 0.194. The van der Waals surface area contributed by atoms with Gasteiger partial charge in [0.25, 0.3) is 0 Å². The van der Waals surface area contributed by atoms with Gasteiger partial charge >= 0.3 is 0 Å². The maximum absolute atomic E-state index is 9.00. The Kier molecular flexibility index (Phi) is 4.00. The van der Waals surface area contributed by atoms with Crippen molar-refractivity contribution in [3.63, 3.8) is 0 Å². The molecule has 0 spiro atoms. The maximum Gasteiger partial charge on any atom is 0.119 e. The summed E-state index contributed by atoms with van der Waals surface area (Å²) >= 11 is 0. The van der Waals surface area contributed by atoms with Crippen molar-refractivity contribution < 1.29 is 9.84 Å². The Hall–Kier alpha value is -1.80. The van der Waals surface area contributed by atoms with E-state index in [1.165, 1.54) is 0 Å². The molecule has 0 atom stereocenters. The van der Waals surface area contributed by atoms with Crippen molar-refractivity contribution in [2.75, 3.05) is 0 Å². The smallest absolute Gasteiger partial charge is 0.119 e. The normalized spacial score (nSPS) is 10.7. The molecule has 0 heterocycles. The summed E-state index contributed by atoms with van der Waals surface area (Å²) in [6, 6.07) is 16.0. The van der Waals surface area contributed by atoms with E-state index < -0.39 is 0 Å². The van der Waals surface area contributed by atoms with Crippen LogP contribution in [-0.2, 0) is 6.61 Å². The van der Waals surface area contributed by atoms with Crippen molar-refractivity contribution in [2.45, 2.75) is 26.6 Å². The van der Waals surface area contributed by atoms with Gasteiger partial charge in [-0.1, -0.05) is 36.4 Å². The van der Waals surface area contributed by atoms with E-state index in [1.54, 1.807) is 0 Å². The van der Waals surface area contributed by atoms with Crippen molar-refractivity contribution in [1.82, 2.24) is 0 Å². The minimum Gasteiger partial charge on any atom is -0.491 e. The molecule has 94 valence electrons. The van der Waals surface area contributed by atoms with Crippen LogP contribution in [0.1, 0.15) is 19.4 Å². The van der Waals surface area contributed by atoms with E-state index in [4.69, 9.17) is 9.84 Å². The van der Waals surface area contributed by atoms with Gasteiger partial charge in [-0.3, -0.25) is 0 Å². The Balaban J connectivity index is 2.17. The first-order valence-electron chi connectivity index (χ1n) is 6.16. The van der Waals surface area contributed by atoms with Crippen LogP contribution in [0, 0.1) is 0 Å². The average Bonchev–Trinajstić information content (AvgIpc) is 2.39. The van der Waals surface area contributed by atoms with Gasteiger partial charge in [-0.15, -0.1) is 0 Å². The molecule has 0 saturated heterocycles. The first-order chi connectivity index (χ1) is 8.69. The van der Waals surface area contributed by atoms with E-state index in [0.717, 1.165) is 22.4 Å². The quantitative estimate of drug-likeness (QED) is 0.887. The van der Waals surface area contributed by atoms with Gasteiger partial charge in [0, 0.05) is 0 Å². The van der Waals surface area contributed by atoms with Gasteiger partial charge in [0.15, 0.2) is 0 Å². The van der Waals surface area contributed by atoms with Gasteiger partial charge in [0.1, 0.15) is 5.75 Å². The molecule has 0 aliphatic rings. The van der Waals surface area contributed by atoms with E-state index in [1.807, 2.05) is 62.4 Å². The Morgan fingerprint density at radius 1 is 0.889 bits per heavy atom. The molecule has 0 aliphatic carbocycles. The molecule has 0 aliphatic heterocycles. The van der Waals surface area contributed by atoms with E-state index in [-0.39, 0.29) is 12.7 Å². The van der Waals surface area contributed by atoms with Crippen LogP contribution in [0.4, 0.5) is 0 Å². The summed E-state index contributed by atoms with van der Waals surface area (Å²) in [5.74, 6) is 0.890. The summed E-state index contributed by atoms with van der Waals surface area (Å²) in [6.45, 7) is 4.12. The van der Waals surface area contributed by atoms with Crippen molar-refractivity contribution in [3.05, 3.63) is 54.1 Å². The van der Waals surface area contributed by atoms with Crippen LogP contribution in [0.5, 0.6) is 5.75 Å². The fourth-order valence-corrected chi connectivity index (χ4v) is 1.80. The molecule has 0 fully saturated rings. The number of rotatable bonds is 4. The Labute approximate surface area is 108 Å². The first-order valence-corrected chi connectivity index (χ1v) is 6.16. The number of aliphatic hydroxyl groups excluding tert-OH is 1. The summed E-state index contributed by atoms with van der Waals surface area (Å²) in [5.41, 5.74) is 3.22. The SMILES string of the molecule is CC(C)Oc1ccc(-c2ccc(CO)cc2)cc1. The van der Waals surface area contributed by atoms with Gasteiger partial charge < -0.3 is 9.84 Å². The van der Waals surface area contributed by atoms with Crippen molar-refractivity contribution >= 4 is 0 Å². The van der Waals surface area contributed by atoms with Gasteiger partial charge in [0.2, 0.25) is 0 Å². The lowest BCUT2D eigenvalue weighted by Gasteiger charge is -2.10. The van der Waals surface area contributed by atoms with Crippen LogP contribution in [0.15, 0.2) is 48.5 Å². The summed E-state index contributed by atoms with van der Waals surface area (Å²) in [4.78, 5) is 0. The van der Waals surface area contributed by atoms with Crippen molar-refractivity contribution in [2.24, 2.45) is 0 Å². The molecule has 0 radical (unpaired) electrons. The molecule has 2 heteroatoms. The molecule has 2 nitrogen and oxygen atoms in total. The monoisotopic (exact) mass is 242 g/mol. The van der Waals surface area contributed by atoms with Crippen LogP contribution in [0.2, 0.25) is 0 Å². The number of hydrogen-bond donors (Lipinski definition) is 1. The minimum atomic E-state index is 0.0848. The first kappa shape index (κ1) is 12.7. The van der Waals surface area contributed by atoms with Gasteiger partial charge in [-0.05, 0) is 42.7 Å². The molecule has 1 N–H and O–H groups in total. The second kappa shape index (κ2) is 5.69. The highest BCUT2D eigenvalue weighted by molar-refractivity contribution is 5.64. The lowest BCUT2D eigenvalue weighted by Crippen LogP contribution is -2.05. The zero-order chi connectivity index (χ0) is 13.0. The van der Waals surface area contributed by atoms with Crippen LogP contribution < -0.4 is 4.74 Å². The highest BCUT2D eigenvalue weighted by Crippen LogP contribution is 2.23. The number of benzene rings is 2. The van der Waals surface area contributed by atoms with Crippen LogP contribution in [-0.4, -0.2) is 11.2 Å². The molecule has 0 aromatic heterocycles. The topological polar surface area (TPSA) is 29.5 Å². The lowest BCUT2D eigenvalue weighted by atomic mass is 10.0. The highest BCUT2D eigenvalue weighted by atomic mass is 16.5. The van der Waals surface area contributed by atoms with Crippen molar-refractivity contribution in [1.29, 1.82) is 0 Å². The molecule has 2 aromatic carbocycles. The summed E-state index contributed by atoms with van der Waals surface area (Å²) < 4.78 is 5.61. The highest BCUT2D eigenvalue weighted by Gasteiger charge is 2.00. The van der Waals surface area contributed by atoms with E-state index in [2.05, 4.69) is 0 Å². The molecule has 18 heavy (non-hydrogen) atoms. The van der Waals surface area contributed by atoms with Crippen LogP contribution in [0.25, 0.3) is 11.1 Å². The third-order valence-electron chi connectivity index (χ3n) is 2.70. The second-order valence-electron chi connectivity index (χ2n) is 4.55. The van der Waals surface area contributed by atoms with E-state index >= 15 is 0 Å². The number of hydrogen-bond acceptors (Lipinski definition) is 2. The summed E-state index contributed by atoms with van der Waals surface area (Å²) in [7, 11) is 0. The van der Waals surface area contributed by atoms with Crippen molar-refractivity contribution in [3.8, 4) is 16.9 Å². The average molecular weight is 242 g/mol. The molecule has 2 aromatic rings. The molecule has 0 bridgehead atoms. The standard InChI is InChI=1S/C16H18O2/c1-12(2)18-16-9-7-15(8-10-16)14-5-3-13(11-17)4-6-14/h3-10,12,17H,11H2,1-2H3. The Morgan fingerprint density at radius 3 is 1.83 bits per heavy atom. The van der Waals surface area contributed by atoms with Gasteiger partial charge in [-0.25, -0.2) is 0 Å². The predicted octanol–water partition coefficient (Wildman–Crippen LogP) is 3.63. The van der Waals surface area contributed by atoms with E-state index in [9.17, 15) is 0 Å². The summed E-state index contributed by atoms with van der Waals surface area (Å²) in [5, 5.41) is 9.00. The number of ether oxygens (including phenoxy) is 1. The minimum absolute atomic E-state index is 0.0848. The zero-order valence-corrected chi connectivity index (χ0v) is 10.8. The third kappa shape index (κ3) is 3.11. The fraction of sp³-hybridized carbons (Fsp3) is 0.250. The molecular weight excluding hydrogens is 224 g/mol. The maximum atomic E-state index is 9.00. The van der Waals surface area contributed by atoms with Gasteiger partial charge in [0.05, 0.1) is 12.7 Å². The molecular formula is C16H18O2. The van der Waals surface area contributed by atoms with Crippen LogP contribution in [0.3, 0.4) is 0 Å². The Bertz CT molecular complexity index is 484. The van der Waals surface area contributed by atoms with E-state index in [0.29, 0.717) is 0 Å². The van der Waals surface area contributed by atoms with Crippen LogP contribution >= 0.6 is 0 Å². The van der Waals surface area contributed by atoms with Gasteiger partial charge in [-0.2, -0.15) is 0 Å². The molecule has 0 saturated carbocycles. The predicted molar refractivity (Wildman–Crippen MR) is 73.6 cm³/mol.